The van der Waals surface area contributed by atoms with Crippen LogP contribution in [-0.4, -0.2) is 25.2 Å². The summed E-state index contributed by atoms with van der Waals surface area (Å²) in [5.74, 6) is -1.82. The van der Waals surface area contributed by atoms with Gasteiger partial charge in [-0.15, -0.1) is 5.10 Å². The molecule has 3 aromatic rings. The van der Waals surface area contributed by atoms with E-state index in [1.54, 1.807) is 6.07 Å². The Morgan fingerprint density at radius 2 is 1.70 bits per heavy atom. The second-order valence-corrected chi connectivity index (χ2v) is 7.98. The first-order valence-corrected chi connectivity index (χ1v) is 9.55. The molecule has 1 atom stereocenters. The molecule has 10 heteroatoms. The number of alkyl halides is 3. The van der Waals surface area contributed by atoms with E-state index in [1.807, 2.05) is 0 Å². The molecule has 0 N–H and O–H groups in total. The molecule has 0 fully saturated rings. The summed E-state index contributed by atoms with van der Waals surface area (Å²) in [7, 11) is -1.67. The van der Waals surface area contributed by atoms with Crippen molar-refractivity contribution >= 4 is 15.4 Å². The van der Waals surface area contributed by atoms with Crippen LogP contribution in [0.1, 0.15) is 5.82 Å². The summed E-state index contributed by atoms with van der Waals surface area (Å²) < 4.78 is 69.9. The molecule has 142 valence electrons. The third kappa shape index (κ3) is 4.00. The lowest BCUT2D eigenvalue weighted by Gasteiger charge is -2.06. The molecular formula is C17H14F4N4OS. The number of nitrogens with zero attached hydrogens (tertiary/aromatic N) is 4. The van der Waals surface area contributed by atoms with Crippen LogP contribution in [0.2, 0.25) is 0 Å². The highest BCUT2D eigenvalue weighted by Gasteiger charge is 2.36. The van der Waals surface area contributed by atoms with E-state index < -0.39 is 27.5 Å². The third-order valence-electron chi connectivity index (χ3n) is 3.67. The molecule has 0 saturated carbocycles. The van der Waals surface area contributed by atoms with Gasteiger partial charge in [0.25, 0.3) is 5.82 Å². The largest absolute Gasteiger partial charge is 0.453 e. The average molecular weight is 398 g/mol. The van der Waals surface area contributed by atoms with E-state index in [0.717, 1.165) is 4.68 Å². The zero-order chi connectivity index (χ0) is 19.8. The smallest absolute Gasteiger partial charge is 0.248 e. The molecule has 0 aliphatic heterocycles. The molecular weight excluding hydrogens is 384 g/mol. The Hall–Kier alpha value is -2.75. The van der Waals surface area contributed by atoms with E-state index >= 15 is 0 Å². The summed E-state index contributed by atoms with van der Waals surface area (Å²) in [5.41, 5.74) is 0.681. The van der Waals surface area contributed by atoms with E-state index in [0.29, 0.717) is 11.3 Å². The van der Waals surface area contributed by atoms with Crippen LogP contribution in [0.5, 0.6) is 0 Å². The number of aromatic nitrogens is 3. The van der Waals surface area contributed by atoms with Gasteiger partial charge in [-0.25, -0.2) is 18.3 Å². The van der Waals surface area contributed by atoms with Gasteiger partial charge in [0.15, 0.2) is 5.82 Å². The van der Waals surface area contributed by atoms with Gasteiger partial charge in [0, 0.05) is 18.9 Å². The van der Waals surface area contributed by atoms with Crippen molar-refractivity contribution in [1.82, 2.24) is 14.8 Å². The van der Waals surface area contributed by atoms with Gasteiger partial charge in [-0.05, 0) is 36.4 Å². The number of hydrogen-bond donors (Lipinski definition) is 0. The summed E-state index contributed by atoms with van der Waals surface area (Å²) in [6, 6.07) is 11.6. The SMILES string of the molecule is Cn1nc(C(F)(F)F)nc1-c1ccc(N=S(C)(=O)c2ccccc2F)cc1. The molecule has 5 nitrogen and oxygen atoms in total. The van der Waals surface area contributed by atoms with Crippen LogP contribution < -0.4 is 0 Å². The Morgan fingerprint density at radius 3 is 2.26 bits per heavy atom. The molecule has 1 unspecified atom stereocenters. The van der Waals surface area contributed by atoms with Crippen LogP contribution in [0.3, 0.4) is 0 Å². The topological polar surface area (TPSA) is 60.1 Å². The van der Waals surface area contributed by atoms with E-state index in [2.05, 4.69) is 14.4 Å². The zero-order valence-corrected chi connectivity index (χ0v) is 15.1. The molecule has 0 aliphatic carbocycles. The fraction of sp³-hybridized carbons (Fsp3) is 0.176. The third-order valence-corrected chi connectivity index (χ3v) is 5.37. The lowest BCUT2D eigenvalue weighted by Crippen LogP contribution is -2.08. The van der Waals surface area contributed by atoms with Crippen molar-refractivity contribution in [2.24, 2.45) is 11.4 Å². The molecule has 27 heavy (non-hydrogen) atoms. The zero-order valence-electron chi connectivity index (χ0n) is 14.2. The summed E-state index contributed by atoms with van der Waals surface area (Å²) in [6.45, 7) is 0. The highest BCUT2D eigenvalue weighted by Crippen LogP contribution is 2.29. The standard InChI is InChI=1S/C17H14F4N4OS/c1-25-15(22-16(23-25)17(19,20)21)11-7-9-12(10-8-11)24-27(2,26)14-6-4-3-5-13(14)18/h3-10H,1-2H3. The molecule has 3 rings (SSSR count). The van der Waals surface area contributed by atoms with Crippen LogP contribution in [0.15, 0.2) is 57.8 Å². The number of aryl methyl sites for hydroxylation is 1. The quantitative estimate of drug-likeness (QED) is 0.614. The lowest BCUT2D eigenvalue weighted by atomic mass is 10.2. The highest BCUT2D eigenvalue weighted by molar-refractivity contribution is 7.93. The Kier molecular flexibility index (Phi) is 4.77. The van der Waals surface area contributed by atoms with Crippen molar-refractivity contribution < 1.29 is 21.8 Å². The molecule has 0 radical (unpaired) electrons. The van der Waals surface area contributed by atoms with Crippen molar-refractivity contribution in [3.05, 3.63) is 60.2 Å². The molecule has 0 amide bonds. The molecule has 2 aromatic carbocycles. The van der Waals surface area contributed by atoms with Gasteiger partial charge in [-0.3, -0.25) is 0 Å². The predicted octanol–water partition coefficient (Wildman–Crippen LogP) is 4.43. The first-order valence-electron chi connectivity index (χ1n) is 7.63. The average Bonchev–Trinajstić information content (AvgIpc) is 2.98. The van der Waals surface area contributed by atoms with E-state index in [4.69, 9.17) is 0 Å². The van der Waals surface area contributed by atoms with Crippen molar-refractivity contribution in [2.45, 2.75) is 11.1 Å². The Labute approximate surface area is 152 Å². The second-order valence-electron chi connectivity index (χ2n) is 5.75. The van der Waals surface area contributed by atoms with Crippen LogP contribution in [0.25, 0.3) is 11.4 Å². The van der Waals surface area contributed by atoms with Crippen LogP contribution in [-0.2, 0) is 23.0 Å². The van der Waals surface area contributed by atoms with E-state index in [1.165, 1.54) is 55.8 Å². The maximum absolute atomic E-state index is 13.9. The summed E-state index contributed by atoms with van der Waals surface area (Å²) in [6.07, 6.45) is -3.32. The maximum atomic E-state index is 13.9. The van der Waals surface area contributed by atoms with Crippen molar-refractivity contribution in [3.8, 4) is 11.4 Å². The number of halogens is 4. The van der Waals surface area contributed by atoms with Crippen molar-refractivity contribution in [2.75, 3.05) is 6.26 Å². The molecule has 0 spiro atoms. The van der Waals surface area contributed by atoms with Gasteiger partial charge in [0.05, 0.1) is 20.3 Å². The van der Waals surface area contributed by atoms with Gasteiger partial charge < -0.3 is 0 Å². The number of hydrogen-bond acceptors (Lipinski definition) is 4. The molecule has 1 heterocycles. The van der Waals surface area contributed by atoms with Gasteiger partial charge in [-0.1, -0.05) is 12.1 Å². The molecule has 1 aromatic heterocycles. The van der Waals surface area contributed by atoms with Crippen LogP contribution in [0, 0.1) is 5.82 Å². The van der Waals surface area contributed by atoms with Gasteiger partial charge in [0.2, 0.25) is 0 Å². The van der Waals surface area contributed by atoms with Crippen molar-refractivity contribution in [1.29, 1.82) is 0 Å². The first kappa shape index (κ1) is 19.0. The Morgan fingerprint density at radius 1 is 1.07 bits per heavy atom. The fourth-order valence-corrected chi connectivity index (χ4v) is 3.81. The van der Waals surface area contributed by atoms with Crippen LogP contribution >= 0.6 is 0 Å². The maximum Gasteiger partial charge on any atom is 0.453 e. The summed E-state index contributed by atoms with van der Waals surface area (Å²) in [5, 5.41) is 3.36. The van der Waals surface area contributed by atoms with Gasteiger partial charge in [0.1, 0.15) is 5.82 Å². The number of rotatable bonds is 3. The second kappa shape index (κ2) is 6.76. The normalized spacial score (nSPS) is 14.0. The van der Waals surface area contributed by atoms with E-state index in [-0.39, 0.29) is 10.7 Å². The molecule has 0 bridgehead atoms. The fourth-order valence-electron chi connectivity index (χ4n) is 2.43. The summed E-state index contributed by atoms with van der Waals surface area (Å²) >= 11 is 0. The Bertz CT molecular complexity index is 1100. The monoisotopic (exact) mass is 398 g/mol. The first-order chi connectivity index (χ1) is 12.6. The lowest BCUT2D eigenvalue weighted by molar-refractivity contribution is -0.144. The minimum atomic E-state index is -4.64. The molecule has 0 aliphatic rings. The minimum Gasteiger partial charge on any atom is -0.248 e. The van der Waals surface area contributed by atoms with E-state index in [9.17, 15) is 21.8 Å². The van der Waals surface area contributed by atoms with Gasteiger partial charge >= 0.3 is 6.18 Å². The van der Waals surface area contributed by atoms with Crippen molar-refractivity contribution in [3.63, 3.8) is 0 Å². The Balaban J connectivity index is 1.96. The number of benzene rings is 2. The van der Waals surface area contributed by atoms with Gasteiger partial charge in [-0.2, -0.15) is 17.5 Å². The van der Waals surface area contributed by atoms with Crippen LogP contribution in [0.4, 0.5) is 23.2 Å². The highest BCUT2D eigenvalue weighted by atomic mass is 32.2. The summed E-state index contributed by atoms with van der Waals surface area (Å²) in [4.78, 5) is 3.49. The molecule has 0 saturated heterocycles. The predicted molar refractivity (Wildman–Crippen MR) is 92.3 cm³/mol. The minimum absolute atomic E-state index is 0.0165.